The van der Waals surface area contributed by atoms with Gasteiger partial charge in [0.25, 0.3) is 11.8 Å². The van der Waals surface area contributed by atoms with Gasteiger partial charge in [-0.3, -0.25) is 9.59 Å². The first kappa shape index (κ1) is 31.4. The van der Waals surface area contributed by atoms with Crippen LogP contribution in [0.15, 0.2) is 104 Å². The molecule has 0 spiro atoms. The molecule has 0 radical (unpaired) electrons. The van der Waals surface area contributed by atoms with Crippen LogP contribution in [0.4, 0.5) is 0 Å². The number of carbonyl (C=O) groups excluding carboxylic acids is 2. The van der Waals surface area contributed by atoms with Gasteiger partial charge in [-0.15, -0.1) is 0 Å². The van der Waals surface area contributed by atoms with Crippen molar-refractivity contribution < 1.29 is 38.2 Å². The smallest absolute Gasteiger partial charge is 0.337 e. The summed E-state index contributed by atoms with van der Waals surface area (Å²) in [5.41, 5.74) is 6.06. The van der Waals surface area contributed by atoms with E-state index in [0.29, 0.717) is 34.2 Å². The molecule has 2 aromatic heterocycles. The fraction of sp³-hybridized carbons (Fsp3) is 0. The summed E-state index contributed by atoms with van der Waals surface area (Å²) in [6.45, 7) is 0. The van der Waals surface area contributed by atoms with E-state index in [0.717, 1.165) is 0 Å². The van der Waals surface area contributed by atoms with Crippen molar-refractivity contribution in [1.29, 1.82) is 0 Å². The van der Waals surface area contributed by atoms with E-state index in [4.69, 9.17) is 32.0 Å². The summed E-state index contributed by atoms with van der Waals surface area (Å²) in [5.74, 6) is -2.04. The maximum absolute atomic E-state index is 12.5. The van der Waals surface area contributed by atoms with Gasteiger partial charge in [-0.2, -0.15) is 10.2 Å². The lowest BCUT2D eigenvalue weighted by atomic mass is 10.1. The highest BCUT2D eigenvalue weighted by Crippen LogP contribution is 2.28. The molecule has 46 heavy (non-hydrogen) atoms. The molecule has 0 unspecified atom stereocenters. The van der Waals surface area contributed by atoms with Gasteiger partial charge in [0.05, 0.1) is 33.6 Å². The molecule has 0 saturated heterocycles. The van der Waals surface area contributed by atoms with Crippen LogP contribution in [-0.2, 0) is 0 Å². The summed E-state index contributed by atoms with van der Waals surface area (Å²) >= 11 is 11.8. The van der Waals surface area contributed by atoms with Gasteiger partial charge in [0.15, 0.2) is 0 Å². The van der Waals surface area contributed by atoms with Crippen molar-refractivity contribution in [1.82, 2.24) is 10.9 Å². The summed E-state index contributed by atoms with van der Waals surface area (Å²) in [6, 6.07) is 21.1. The number of carboxylic acid groups (broad SMARTS) is 2. The molecule has 0 aliphatic rings. The van der Waals surface area contributed by atoms with Gasteiger partial charge in [-0.25, -0.2) is 20.4 Å². The highest BCUT2D eigenvalue weighted by molar-refractivity contribution is 6.34. The maximum atomic E-state index is 12.5. The van der Waals surface area contributed by atoms with Gasteiger partial charge in [-0.05, 0) is 84.9 Å². The molecule has 3 aromatic carbocycles. The molecule has 230 valence electrons. The van der Waals surface area contributed by atoms with Crippen LogP contribution in [0.25, 0.3) is 22.6 Å². The molecule has 0 aliphatic heterocycles. The largest absolute Gasteiger partial charge is 0.478 e. The van der Waals surface area contributed by atoms with E-state index in [1.807, 2.05) is 0 Å². The lowest BCUT2D eigenvalue weighted by Gasteiger charge is -2.03. The van der Waals surface area contributed by atoms with Crippen LogP contribution in [0.2, 0.25) is 10.0 Å². The van der Waals surface area contributed by atoms with E-state index in [1.54, 1.807) is 36.4 Å². The first-order chi connectivity index (χ1) is 22.1. The van der Waals surface area contributed by atoms with Gasteiger partial charge < -0.3 is 19.0 Å². The zero-order valence-corrected chi connectivity index (χ0v) is 24.7. The Morgan fingerprint density at radius 2 is 0.978 bits per heavy atom. The number of nitrogens with zero attached hydrogens (tertiary/aromatic N) is 2. The minimum atomic E-state index is -1.17. The van der Waals surface area contributed by atoms with Gasteiger partial charge in [0.1, 0.15) is 23.0 Å². The van der Waals surface area contributed by atoms with Crippen molar-refractivity contribution in [3.63, 3.8) is 0 Å². The number of hydrazone groups is 2. The van der Waals surface area contributed by atoms with Gasteiger partial charge in [0, 0.05) is 22.3 Å². The molecular weight excluding hydrogens is 639 g/mol. The van der Waals surface area contributed by atoms with Crippen molar-refractivity contribution in [2.45, 2.75) is 0 Å². The Bertz CT molecular complexity index is 1880. The molecule has 4 N–H and O–H groups in total. The lowest BCUT2D eigenvalue weighted by Crippen LogP contribution is -2.19. The molecule has 0 atom stereocenters. The van der Waals surface area contributed by atoms with Crippen LogP contribution in [0.5, 0.6) is 0 Å². The Balaban J connectivity index is 1.13. The number of halogens is 2. The zero-order valence-electron chi connectivity index (χ0n) is 23.2. The Hall–Kier alpha value is -5.98. The highest BCUT2D eigenvalue weighted by Gasteiger charge is 2.14. The average Bonchev–Trinajstić information content (AvgIpc) is 3.71. The maximum Gasteiger partial charge on any atom is 0.337 e. The van der Waals surface area contributed by atoms with E-state index < -0.39 is 23.8 Å². The highest BCUT2D eigenvalue weighted by atomic mass is 35.5. The molecule has 0 aliphatic carbocycles. The van der Waals surface area contributed by atoms with Crippen molar-refractivity contribution in [2.75, 3.05) is 0 Å². The summed E-state index contributed by atoms with van der Waals surface area (Å²) in [6.07, 6.45) is 2.56. The second kappa shape index (κ2) is 13.8. The molecule has 2 heterocycles. The van der Waals surface area contributed by atoms with Crippen molar-refractivity contribution in [3.8, 4) is 22.6 Å². The number of aromatic carboxylic acids is 2. The van der Waals surface area contributed by atoms with E-state index in [2.05, 4.69) is 21.1 Å². The first-order valence-corrected chi connectivity index (χ1v) is 13.9. The molecule has 0 bridgehead atoms. The van der Waals surface area contributed by atoms with E-state index >= 15 is 0 Å². The number of hydrogen-bond acceptors (Lipinski definition) is 8. The van der Waals surface area contributed by atoms with E-state index in [1.165, 1.54) is 61.0 Å². The third-order valence-electron chi connectivity index (χ3n) is 6.34. The minimum Gasteiger partial charge on any atom is -0.478 e. The average molecular weight is 659 g/mol. The second-order valence-corrected chi connectivity index (χ2v) is 10.2. The normalized spacial score (nSPS) is 11.2. The Morgan fingerprint density at radius 1 is 0.587 bits per heavy atom. The lowest BCUT2D eigenvalue weighted by molar-refractivity contribution is 0.0686. The predicted molar refractivity (Wildman–Crippen MR) is 169 cm³/mol. The summed E-state index contributed by atoms with van der Waals surface area (Å²) in [7, 11) is 0. The summed E-state index contributed by atoms with van der Waals surface area (Å²) in [5, 5.41) is 26.5. The van der Waals surface area contributed by atoms with Crippen LogP contribution < -0.4 is 10.9 Å². The van der Waals surface area contributed by atoms with Crippen molar-refractivity contribution >= 4 is 59.4 Å². The molecule has 0 fully saturated rings. The Morgan fingerprint density at radius 3 is 1.35 bits per heavy atom. The quantitative estimate of drug-likeness (QED) is 0.0975. The topological polar surface area (TPSA) is 184 Å². The number of rotatable bonds is 10. The molecule has 0 saturated carbocycles. The number of carboxylic acids is 2. The molecule has 12 nitrogen and oxygen atoms in total. The first-order valence-electron chi connectivity index (χ1n) is 13.1. The zero-order chi connectivity index (χ0) is 32.8. The van der Waals surface area contributed by atoms with E-state index in [-0.39, 0.29) is 32.3 Å². The van der Waals surface area contributed by atoms with Crippen LogP contribution in [0.3, 0.4) is 0 Å². The number of nitrogens with one attached hydrogen (secondary N) is 2. The van der Waals surface area contributed by atoms with Crippen LogP contribution in [-0.4, -0.2) is 46.4 Å². The third-order valence-corrected chi connectivity index (χ3v) is 7.00. The molecule has 2 amide bonds. The number of carbonyl (C=O) groups is 4. The fourth-order valence-corrected chi connectivity index (χ4v) is 4.45. The molecular formula is C32H20Cl2N4O8. The molecule has 5 rings (SSSR count). The molecule has 5 aromatic rings. The minimum absolute atomic E-state index is 0.0624. The van der Waals surface area contributed by atoms with Gasteiger partial charge in [0.2, 0.25) is 0 Å². The van der Waals surface area contributed by atoms with Gasteiger partial charge >= 0.3 is 11.9 Å². The van der Waals surface area contributed by atoms with Gasteiger partial charge in [-0.1, -0.05) is 23.2 Å². The van der Waals surface area contributed by atoms with Crippen molar-refractivity contribution in [3.05, 3.63) is 129 Å². The standard InChI is InChI=1S/C32H20Cl2N4O8/c33-25-9-5-19(13-23(25)31(41)42)27-11-7-21(45-27)15-35-37-29(39)17-1-2-18(4-3-17)30(40)38-36-16-22-8-12-28(46-22)20-6-10-26(34)24(14-20)32(43)44/h1-16H,(H,37,39)(H,38,40)(H,41,42)(H,43,44)/b35-15-,36-16-. The number of benzene rings is 3. The second-order valence-electron chi connectivity index (χ2n) is 9.38. The monoisotopic (exact) mass is 658 g/mol. The number of hydrogen-bond donors (Lipinski definition) is 4. The molecule has 14 heteroatoms. The number of amides is 2. The number of furan rings is 2. The SMILES string of the molecule is O=C(N/N=C\c1ccc(-c2ccc(Cl)c(C(=O)O)c2)o1)c1ccc(C(=O)N/N=C\c2ccc(-c3ccc(Cl)c(C(=O)O)c3)o2)cc1. The Labute approximate surface area is 269 Å². The summed E-state index contributed by atoms with van der Waals surface area (Å²) < 4.78 is 11.3. The third kappa shape index (κ3) is 7.38. The fourth-order valence-electron chi connectivity index (χ4n) is 4.05. The van der Waals surface area contributed by atoms with Crippen molar-refractivity contribution in [2.24, 2.45) is 10.2 Å². The van der Waals surface area contributed by atoms with Crippen LogP contribution in [0, 0.1) is 0 Å². The Kier molecular flexibility index (Phi) is 9.41. The van der Waals surface area contributed by atoms with Crippen LogP contribution >= 0.6 is 23.2 Å². The van der Waals surface area contributed by atoms with E-state index in [9.17, 15) is 29.4 Å². The van der Waals surface area contributed by atoms with Crippen LogP contribution in [0.1, 0.15) is 53.0 Å². The summed E-state index contributed by atoms with van der Waals surface area (Å²) in [4.78, 5) is 47.6. The predicted octanol–water partition coefficient (Wildman–Crippen LogP) is 6.44.